The molecule has 0 saturated heterocycles. The fraction of sp³-hybridized carbons (Fsp3) is 0.0667. The molecule has 1 aliphatic rings. The summed E-state index contributed by atoms with van der Waals surface area (Å²) in [5.74, 6) is 3.56. The SMILES string of the molecule is COC1=C(c2ccccc2)N(c2ccccc2)c2ccccc2C1C(=O)N(N)C(=O)c1ccc(F)cc1. The number of ether oxygens (including phenoxy) is 1. The molecule has 0 radical (unpaired) electrons. The summed E-state index contributed by atoms with van der Waals surface area (Å²) in [6.07, 6.45) is 0. The van der Waals surface area contributed by atoms with Gasteiger partial charge in [-0.2, -0.15) is 0 Å². The Bertz CT molecular complexity index is 1470. The number of hydrogen-bond acceptors (Lipinski definition) is 5. The van der Waals surface area contributed by atoms with Crippen LogP contribution in [-0.4, -0.2) is 23.9 Å². The first-order valence-electron chi connectivity index (χ1n) is 11.7. The average Bonchev–Trinajstić information content (AvgIpc) is 2.96. The smallest absolute Gasteiger partial charge is 0.274 e. The molecule has 0 fully saturated rings. The number of hydrogen-bond donors (Lipinski definition) is 1. The fourth-order valence-electron chi connectivity index (χ4n) is 4.59. The van der Waals surface area contributed by atoms with Crippen molar-refractivity contribution in [2.75, 3.05) is 12.0 Å². The molecule has 184 valence electrons. The average molecular weight is 494 g/mol. The number of nitrogens with zero attached hydrogens (tertiary/aromatic N) is 2. The molecule has 4 aromatic rings. The van der Waals surface area contributed by atoms with Crippen LogP contribution in [0.15, 0.2) is 115 Å². The topological polar surface area (TPSA) is 75.9 Å². The van der Waals surface area contributed by atoms with Gasteiger partial charge in [0.2, 0.25) is 0 Å². The molecule has 1 heterocycles. The van der Waals surface area contributed by atoms with Crippen molar-refractivity contribution in [3.63, 3.8) is 0 Å². The van der Waals surface area contributed by atoms with Crippen molar-refractivity contribution < 1.29 is 18.7 Å². The van der Waals surface area contributed by atoms with Crippen LogP contribution >= 0.6 is 0 Å². The number of fused-ring (bicyclic) bond motifs is 1. The minimum absolute atomic E-state index is 0.0958. The number of halogens is 1. The van der Waals surface area contributed by atoms with E-state index in [1.165, 1.54) is 19.2 Å². The molecule has 7 heteroatoms. The molecule has 0 aliphatic carbocycles. The normalized spacial score (nSPS) is 14.7. The molecule has 2 amide bonds. The Kier molecular flexibility index (Phi) is 6.53. The Morgan fingerprint density at radius 1 is 0.838 bits per heavy atom. The van der Waals surface area contributed by atoms with E-state index in [0.717, 1.165) is 29.1 Å². The van der Waals surface area contributed by atoms with Crippen LogP contribution in [0.4, 0.5) is 15.8 Å². The number of methoxy groups -OCH3 is 1. The number of rotatable bonds is 5. The predicted molar refractivity (Wildman–Crippen MR) is 140 cm³/mol. The zero-order valence-electron chi connectivity index (χ0n) is 20.0. The minimum Gasteiger partial charge on any atom is -0.498 e. The summed E-state index contributed by atoms with van der Waals surface area (Å²) in [6.45, 7) is 0. The fourth-order valence-corrected chi connectivity index (χ4v) is 4.59. The standard InChI is InChI=1S/C30H24FN3O3/c1-37-28-26(30(36)34(32)29(35)21-16-18-22(31)19-17-21)24-14-8-9-15-25(24)33(23-12-6-3-7-13-23)27(28)20-10-4-2-5-11-20/h2-19,26H,32H2,1H3. The van der Waals surface area contributed by atoms with Crippen molar-refractivity contribution >= 4 is 28.9 Å². The second-order valence-corrected chi connectivity index (χ2v) is 8.47. The minimum atomic E-state index is -0.995. The number of nitrogens with two attached hydrogens (primary N) is 1. The molecule has 0 bridgehead atoms. The second kappa shape index (κ2) is 10.1. The van der Waals surface area contributed by atoms with E-state index in [4.69, 9.17) is 10.6 Å². The van der Waals surface area contributed by atoms with Crippen molar-refractivity contribution in [3.05, 3.63) is 137 Å². The number of benzene rings is 4. The summed E-state index contributed by atoms with van der Waals surface area (Å²) in [4.78, 5) is 29.0. The third-order valence-corrected chi connectivity index (χ3v) is 6.28. The monoisotopic (exact) mass is 493 g/mol. The maximum Gasteiger partial charge on any atom is 0.274 e. The first-order chi connectivity index (χ1) is 18.0. The zero-order valence-corrected chi connectivity index (χ0v) is 20.0. The molecule has 1 unspecified atom stereocenters. The highest BCUT2D eigenvalue weighted by Gasteiger charge is 2.41. The van der Waals surface area contributed by atoms with Gasteiger partial charge in [-0.25, -0.2) is 15.2 Å². The van der Waals surface area contributed by atoms with Gasteiger partial charge in [0.1, 0.15) is 17.5 Å². The first-order valence-corrected chi connectivity index (χ1v) is 11.7. The number of anilines is 2. The van der Waals surface area contributed by atoms with Gasteiger partial charge < -0.3 is 9.64 Å². The second-order valence-electron chi connectivity index (χ2n) is 8.47. The molecule has 1 aliphatic heterocycles. The van der Waals surface area contributed by atoms with Gasteiger partial charge in [-0.1, -0.05) is 66.7 Å². The number of para-hydroxylation sites is 2. The summed E-state index contributed by atoms with van der Waals surface area (Å²) in [5.41, 5.74) is 3.85. The number of hydrazine groups is 1. The lowest BCUT2D eigenvalue weighted by molar-refractivity contribution is -0.130. The highest BCUT2D eigenvalue weighted by molar-refractivity contribution is 6.09. The van der Waals surface area contributed by atoms with Crippen LogP contribution in [0.3, 0.4) is 0 Å². The van der Waals surface area contributed by atoms with Crippen molar-refractivity contribution in [2.45, 2.75) is 5.92 Å². The number of carbonyl (C=O) groups is 2. The third-order valence-electron chi connectivity index (χ3n) is 6.28. The van der Waals surface area contributed by atoms with Crippen LogP contribution in [0.1, 0.15) is 27.4 Å². The van der Waals surface area contributed by atoms with E-state index in [-0.39, 0.29) is 5.56 Å². The molecule has 0 saturated carbocycles. The summed E-state index contributed by atoms with van der Waals surface area (Å²) in [7, 11) is 1.50. The molecule has 0 spiro atoms. The molecule has 5 rings (SSSR count). The Morgan fingerprint density at radius 2 is 1.43 bits per heavy atom. The number of carbonyl (C=O) groups excluding carboxylic acids is 2. The predicted octanol–water partition coefficient (Wildman–Crippen LogP) is 5.62. The molecule has 6 nitrogen and oxygen atoms in total. The Balaban J connectivity index is 1.69. The van der Waals surface area contributed by atoms with Crippen molar-refractivity contribution in [3.8, 4) is 0 Å². The zero-order chi connectivity index (χ0) is 25.9. The first kappa shape index (κ1) is 24.0. The molecule has 37 heavy (non-hydrogen) atoms. The van der Waals surface area contributed by atoms with Gasteiger partial charge in [0, 0.05) is 16.8 Å². The summed E-state index contributed by atoms with van der Waals surface area (Å²) >= 11 is 0. The van der Waals surface area contributed by atoms with Crippen LogP contribution < -0.4 is 10.7 Å². The van der Waals surface area contributed by atoms with Crippen LogP contribution in [0.25, 0.3) is 5.70 Å². The molecular weight excluding hydrogens is 469 g/mol. The van der Waals surface area contributed by atoms with Gasteiger partial charge in [-0.05, 0) is 48.0 Å². The Hall–Kier alpha value is -4.75. The summed E-state index contributed by atoms with van der Waals surface area (Å²) in [6, 6.07) is 31.7. The van der Waals surface area contributed by atoms with E-state index in [2.05, 4.69) is 0 Å². The summed E-state index contributed by atoms with van der Waals surface area (Å²) in [5, 5.41) is 0.578. The molecule has 4 aromatic carbocycles. The van der Waals surface area contributed by atoms with E-state index in [1.54, 1.807) is 0 Å². The maximum atomic E-state index is 13.9. The summed E-state index contributed by atoms with van der Waals surface area (Å²) < 4.78 is 19.3. The lowest BCUT2D eigenvalue weighted by Gasteiger charge is -2.39. The van der Waals surface area contributed by atoms with E-state index < -0.39 is 23.5 Å². The number of amides is 2. The van der Waals surface area contributed by atoms with Crippen LogP contribution in [-0.2, 0) is 9.53 Å². The van der Waals surface area contributed by atoms with Gasteiger partial charge in [0.25, 0.3) is 11.8 Å². The van der Waals surface area contributed by atoms with E-state index in [9.17, 15) is 14.0 Å². The lowest BCUT2D eigenvalue weighted by atomic mass is 9.86. The van der Waals surface area contributed by atoms with Gasteiger partial charge in [0.05, 0.1) is 18.5 Å². The highest BCUT2D eigenvalue weighted by atomic mass is 19.1. The Morgan fingerprint density at radius 3 is 2.08 bits per heavy atom. The van der Waals surface area contributed by atoms with Crippen LogP contribution in [0.2, 0.25) is 0 Å². The van der Waals surface area contributed by atoms with E-state index >= 15 is 0 Å². The van der Waals surface area contributed by atoms with Gasteiger partial charge in [-0.15, -0.1) is 0 Å². The van der Waals surface area contributed by atoms with Crippen LogP contribution in [0, 0.1) is 5.82 Å². The third kappa shape index (κ3) is 4.37. The van der Waals surface area contributed by atoms with Crippen molar-refractivity contribution in [1.82, 2.24) is 5.01 Å². The van der Waals surface area contributed by atoms with Gasteiger partial charge in [0.15, 0.2) is 0 Å². The van der Waals surface area contributed by atoms with Gasteiger partial charge in [-0.3, -0.25) is 9.59 Å². The molecule has 0 aromatic heterocycles. The van der Waals surface area contributed by atoms with Crippen molar-refractivity contribution in [1.29, 1.82) is 0 Å². The number of imide groups is 1. The Labute approximate surface area is 214 Å². The largest absolute Gasteiger partial charge is 0.498 e. The van der Waals surface area contributed by atoms with E-state index in [1.807, 2.05) is 89.8 Å². The van der Waals surface area contributed by atoms with Crippen LogP contribution in [0.5, 0.6) is 0 Å². The lowest BCUT2D eigenvalue weighted by Crippen LogP contribution is -2.47. The van der Waals surface area contributed by atoms with Crippen molar-refractivity contribution in [2.24, 2.45) is 5.84 Å². The molecule has 1 atom stereocenters. The molecule has 2 N–H and O–H groups in total. The quantitative estimate of drug-likeness (QED) is 0.169. The highest BCUT2D eigenvalue weighted by Crippen LogP contribution is 2.48. The van der Waals surface area contributed by atoms with E-state index in [0.29, 0.717) is 22.0 Å². The molecular formula is C30H24FN3O3. The van der Waals surface area contributed by atoms with Gasteiger partial charge >= 0.3 is 0 Å². The maximum absolute atomic E-state index is 13.9.